The van der Waals surface area contributed by atoms with Crippen LogP contribution in [0.5, 0.6) is 0 Å². The fourth-order valence-electron chi connectivity index (χ4n) is 4.08. The van der Waals surface area contributed by atoms with E-state index in [2.05, 4.69) is 15.5 Å². The second-order valence-corrected chi connectivity index (χ2v) is 8.15. The van der Waals surface area contributed by atoms with E-state index < -0.39 is 5.41 Å². The monoisotopic (exact) mass is 418 g/mol. The molecule has 1 aliphatic heterocycles. The summed E-state index contributed by atoms with van der Waals surface area (Å²) in [4.78, 5) is 31.5. The van der Waals surface area contributed by atoms with Crippen LogP contribution < -0.4 is 5.32 Å². The molecule has 1 fully saturated rings. The van der Waals surface area contributed by atoms with Crippen molar-refractivity contribution in [3.05, 3.63) is 71.7 Å². The number of amides is 2. The molecule has 7 nitrogen and oxygen atoms in total. The van der Waals surface area contributed by atoms with Gasteiger partial charge in [-0.15, -0.1) is 0 Å². The van der Waals surface area contributed by atoms with Crippen molar-refractivity contribution >= 4 is 11.8 Å². The lowest BCUT2D eigenvalue weighted by atomic mass is 9.81. The molecule has 1 saturated heterocycles. The van der Waals surface area contributed by atoms with Crippen molar-refractivity contribution in [1.82, 2.24) is 20.4 Å². The number of nitrogens with one attached hydrogen (secondary N) is 1. The van der Waals surface area contributed by atoms with Gasteiger partial charge in [-0.2, -0.15) is 0 Å². The molecule has 1 aromatic carbocycles. The van der Waals surface area contributed by atoms with E-state index in [1.54, 1.807) is 4.90 Å². The Bertz CT molecular complexity index is 1080. The van der Waals surface area contributed by atoms with Gasteiger partial charge in [0, 0.05) is 43.8 Å². The summed E-state index contributed by atoms with van der Waals surface area (Å²) in [5.41, 5.74) is 2.63. The summed E-state index contributed by atoms with van der Waals surface area (Å²) in [5.74, 6) is 0.503. The molecule has 0 aliphatic carbocycles. The van der Waals surface area contributed by atoms with Crippen LogP contribution in [0.4, 0.5) is 0 Å². The molecule has 1 N–H and O–H groups in total. The highest BCUT2D eigenvalue weighted by atomic mass is 16.5. The lowest BCUT2D eigenvalue weighted by Crippen LogP contribution is -2.44. The molecule has 2 amide bonds. The van der Waals surface area contributed by atoms with Crippen molar-refractivity contribution < 1.29 is 14.1 Å². The zero-order chi connectivity index (χ0) is 21.8. The second-order valence-electron chi connectivity index (χ2n) is 8.15. The van der Waals surface area contributed by atoms with Crippen molar-refractivity contribution in [3.8, 4) is 11.3 Å². The van der Waals surface area contributed by atoms with Gasteiger partial charge in [-0.25, -0.2) is 0 Å². The predicted molar refractivity (Wildman–Crippen MR) is 116 cm³/mol. The first kappa shape index (κ1) is 20.8. The normalized spacial score (nSPS) is 18.2. The van der Waals surface area contributed by atoms with E-state index >= 15 is 0 Å². The minimum absolute atomic E-state index is 0.0300. The number of hydrogen-bond acceptors (Lipinski definition) is 5. The molecule has 0 radical (unpaired) electrons. The van der Waals surface area contributed by atoms with E-state index in [0.717, 1.165) is 22.6 Å². The summed E-state index contributed by atoms with van der Waals surface area (Å²) in [6.07, 6.45) is 0.949. The predicted octanol–water partition coefficient (Wildman–Crippen LogP) is 3.14. The fourth-order valence-corrected chi connectivity index (χ4v) is 4.08. The van der Waals surface area contributed by atoms with E-state index in [1.807, 2.05) is 61.5 Å². The minimum Gasteiger partial charge on any atom is -0.361 e. The number of nitrogens with zero attached hydrogens (tertiary/aromatic N) is 3. The molecular weight excluding hydrogens is 392 g/mol. The van der Waals surface area contributed by atoms with E-state index in [1.165, 1.54) is 6.92 Å². The summed E-state index contributed by atoms with van der Waals surface area (Å²) in [5, 5.41) is 7.20. The molecule has 160 valence electrons. The van der Waals surface area contributed by atoms with Gasteiger partial charge in [-0.3, -0.25) is 14.6 Å². The lowest BCUT2D eigenvalue weighted by Gasteiger charge is -2.27. The summed E-state index contributed by atoms with van der Waals surface area (Å²) in [7, 11) is 0. The average molecular weight is 418 g/mol. The molecule has 7 heteroatoms. The molecule has 3 heterocycles. The first-order valence-electron chi connectivity index (χ1n) is 10.4. The van der Waals surface area contributed by atoms with Crippen LogP contribution in [0, 0.1) is 12.3 Å². The SMILES string of the molecule is CC(=O)N1CC[C@](Cc2cc(-c3ccccc3)no2)(C(=O)NCc2cccc(C)n2)C1. The van der Waals surface area contributed by atoms with E-state index in [4.69, 9.17) is 4.52 Å². The maximum Gasteiger partial charge on any atom is 0.228 e. The number of carbonyl (C=O) groups excluding carboxylic acids is 2. The number of rotatable bonds is 6. The van der Waals surface area contributed by atoms with Crippen molar-refractivity contribution in [3.63, 3.8) is 0 Å². The third-order valence-corrected chi connectivity index (χ3v) is 5.80. The van der Waals surface area contributed by atoms with Crippen LogP contribution in [0.2, 0.25) is 0 Å². The number of hydrogen-bond donors (Lipinski definition) is 1. The summed E-state index contributed by atoms with van der Waals surface area (Å²) >= 11 is 0. The first-order chi connectivity index (χ1) is 14.9. The standard InChI is InChI=1S/C24H26N4O3/c1-17-7-6-10-20(26-17)15-25-23(30)24(11-12-28(16-24)18(2)29)14-21-13-22(27-31-21)19-8-4-3-5-9-19/h3-10,13H,11-12,14-16H2,1-2H3,(H,25,30)/t24-/m1/s1. The summed E-state index contributed by atoms with van der Waals surface area (Å²) < 4.78 is 5.58. The molecule has 0 spiro atoms. The Morgan fingerprint density at radius 2 is 1.97 bits per heavy atom. The van der Waals surface area contributed by atoms with Gasteiger partial charge in [0.1, 0.15) is 11.5 Å². The maximum atomic E-state index is 13.3. The van der Waals surface area contributed by atoms with Gasteiger partial charge in [-0.05, 0) is 25.5 Å². The van der Waals surface area contributed by atoms with Gasteiger partial charge in [0.15, 0.2) is 0 Å². The molecular formula is C24H26N4O3. The molecule has 4 rings (SSSR count). The zero-order valence-corrected chi connectivity index (χ0v) is 17.8. The van der Waals surface area contributed by atoms with Gasteiger partial charge in [0.25, 0.3) is 0 Å². The van der Waals surface area contributed by atoms with Crippen LogP contribution in [-0.4, -0.2) is 39.9 Å². The molecule has 1 aliphatic rings. The van der Waals surface area contributed by atoms with Crippen LogP contribution in [0.15, 0.2) is 59.1 Å². The van der Waals surface area contributed by atoms with Crippen molar-refractivity contribution in [2.75, 3.05) is 13.1 Å². The van der Waals surface area contributed by atoms with Crippen LogP contribution >= 0.6 is 0 Å². The molecule has 2 aromatic heterocycles. The van der Waals surface area contributed by atoms with E-state index in [-0.39, 0.29) is 11.8 Å². The van der Waals surface area contributed by atoms with Crippen molar-refractivity contribution in [2.24, 2.45) is 5.41 Å². The average Bonchev–Trinajstić information content (AvgIpc) is 3.41. The Morgan fingerprint density at radius 3 is 2.68 bits per heavy atom. The first-order valence-corrected chi connectivity index (χ1v) is 10.4. The largest absolute Gasteiger partial charge is 0.361 e. The van der Waals surface area contributed by atoms with Crippen LogP contribution in [0.1, 0.15) is 30.5 Å². The Morgan fingerprint density at radius 1 is 1.16 bits per heavy atom. The summed E-state index contributed by atoms with van der Waals surface area (Å²) in [6.45, 7) is 4.70. The maximum absolute atomic E-state index is 13.3. The molecule has 0 unspecified atom stereocenters. The van der Waals surface area contributed by atoms with Crippen molar-refractivity contribution in [2.45, 2.75) is 33.2 Å². The summed E-state index contributed by atoms with van der Waals surface area (Å²) in [6, 6.07) is 17.4. The quantitative estimate of drug-likeness (QED) is 0.664. The molecule has 1 atom stereocenters. The Balaban J connectivity index is 1.53. The highest BCUT2D eigenvalue weighted by molar-refractivity contribution is 5.85. The topological polar surface area (TPSA) is 88.3 Å². The Kier molecular flexibility index (Phi) is 5.84. The number of pyridine rings is 1. The van der Waals surface area contributed by atoms with Gasteiger partial charge in [0.2, 0.25) is 11.8 Å². The Hall–Kier alpha value is -3.48. The zero-order valence-electron chi connectivity index (χ0n) is 17.8. The number of likely N-dealkylation sites (tertiary alicyclic amines) is 1. The van der Waals surface area contributed by atoms with Crippen LogP contribution in [0.3, 0.4) is 0 Å². The fraction of sp³-hybridized carbons (Fsp3) is 0.333. The second kappa shape index (κ2) is 8.71. The highest BCUT2D eigenvalue weighted by Crippen LogP contribution is 2.36. The Labute approximate surface area is 181 Å². The van der Waals surface area contributed by atoms with Gasteiger partial charge < -0.3 is 14.7 Å². The minimum atomic E-state index is -0.761. The van der Waals surface area contributed by atoms with Crippen LogP contribution in [-0.2, 0) is 22.6 Å². The van der Waals surface area contributed by atoms with Crippen LogP contribution in [0.25, 0.3) is 11.3 Å². The van der Waals surface area contributed by atoms with Gasteiger partial charge in [0.05, 0.1) is 17.7 Å². The molecule has 31 heavy (non-hydrogen) atoms. The van der Waals surface area contributed by atoms with Crippen molar-refractivity contribution in [1.29, 1.82) is 0 Å². The number of benzene rings is 1. The van der Waals surface area contributed by atoms with E-state index in [0.29, 0.717) is 38.2 Å². The number of aromatic nitrogens is 2. The van der Waals surface area contributed by atoms with Gasteiger partial charge >= 0.3 is 0 Å². The number of aryl methyl sites for hydroxylation is 1. The van der Waals surface area contributed by atoms with E-state index in [9.17, 15) is 9.59 Å². The molecule has 0 bridgehead atoms. The third-order valence-electron chi connectivity index (χ3n) is 5.80. The smallest absolute Gasteiger partial charge is 0.228 e. The van der Waals surface area contributed by atoms with Gasteiger partial charge in [-0.1, -0.05) is 41.6 Å². The number of carbonyl (C=O) groups is 2. The highest BCUT2D eigenvalue weighted by Gasteiger charge is 2.46. The lowest BCUT2D eigenvalue weighted by molar-refractivity contribution is -0.132. The third kappa shape index (κ3) is 4.66. The molecule has 3 aromatic rings. The molecule has 0 saturated carbocycles.